The minimum absolute atomic E-state index is 0.0924. The summed E-state index contributed by atoms with van der Waals surface area (Å²) in [4.78, 5) is 22.4. The van der Waals surface area contributed by atoms with Gasteiger partial charge in [0.25, 0.3) is 0 Å². The number of hydrogen-bond acceptors (Lipinski definition) is 3. The molecule has 0 atom stereocenters. The molecule has 5 nitrogen and oxygen atoms in total. The summed E-state index contributed by atoms with van der Waals surface area (Å²) in [7, 11) is 0. The van der Waals surface area contributed by atoms with E-state index in [2.05, 4.69) is 5.32 Å². The summed E-state index contributed by atoms with van der Waals surface area (Å²) in [5.41, 5.74) is 0. The zero-order chi connectivity index (χ0) is 23.9. The quantitative estimate of drug-likeness (QED) is 0.177. The first-order valence-electron chi connectivity index (χ1n) is 12.6. The predicted molar refractivity (Wildman–Crippen MR) is 122 cm³/mol. The lowest BCUT2D eigenvalue weighted by atomic mass is 10.0. The van der Waals surface area contributed by atoms with Gasteiger partial charge in [-0.25, -0.2) is 0 Å². The number of hydrogen-bond donors (Lipinski definition) is 3. The SMILES string of the molecule is O=C(CCCCCCCCCCCCCCCNC(=O)C(F)(F)F)NCCCCCCO. The highest BCUT2D eigenvalue weighted by molar-refractivity contribution is 5.81. The monoisotopic (exact) mass is 466 g/mol. The summed E-state index contributed by atoms with van der Waals surface area (Å²) in [6.45, 7) is 1.08. The average Bonchev–Trinajstić information content (AvgIpc) is 2.75. The van der Waals surface area contributed by atoms with Crippen molar-refractivity contribution in [3.05, 3.63) is 0 Å². The second-order valence-electron chi connectivity index (χ2n) is 8.59. The van der Waals surface area contributed by atoms with Crippen molar-refractivity contribution < 1.29 is 27.9 Å². The maximum atomic E-state index is 12.0. The van der Waals surface area contributed by atoms with Crippen LogP contribution < -0.4 is 10.6 Å². The molecule has 0 heterocycles. The zero-order valence-electron chi connectivity index (χ0n) is 19.7. The van der Waals surface area contributed by atoms with Crippen LogP contribution in [0.2, 0.25) is 0 Å². The molecule has 0 aliphatic rings. The normalized spacial score (nSPS) is 11.5. The molecule has 0 aromatic carbocycles. The number of alkyl halides is 3. The molecule has 0 unspecified atom stereocenters. The van der Waals surface area contributed by atoms with E-state index in [1.54, 1.807) is 0 Å². The summed E-state index contributed by atoms with van der Waals surface area (Å²) in [6, 6.07) is 0. The lowest BCUT2D eigenvalue weighted by Gasteiger charge is -2.07. The van der Waals surface area contributed by atoms with Crippen LogP contribution in [0.3, 0.4) is 0 Å². The van der Waals surface area contributed by atoms with Crippen LogP contribution in [0, 0.1) is 0 Å². The third-order valence-corrected chi connectivity index (χ3v) is 5.53. The number of aliphatic hydroxyl groups is 1. The molecule has 0 saturated carbocycles. The first-order valence-corrected chi connectivity index (χ1v) is 12.6. The molecule has 190 valence electrons. The topological polar surface area (TPSA) is 78.4 Å². The summed E-state index contributed by atoms with van der Waals surface area (Å²) in [5.74, 6) is -1.70. The molecule has 0 aliphatic carbocycles. The van der Waals surface area contributed by atoms with Gasteiger partial charge in [-0.05, 0) is 25.7 Å². The van der Waals surface area contributed by atoms with E-state index < -0.39 is 12.1 Å². The molecule has 0 aromatic rings. The molecule has 0 saturated heterocycles. The highest BCUT2D eigenvalue weighted by atomic mass is 19.4. The molecule has 3 N–H and O–H groups in total. The van der Waals surface area contributed by atoms with Crippen molar-refractivity contribution in [3.63, 3.8) is 0 Å². The van der Waals surface area contributed by atoms with Crippen LogP contribution in [-0.4, -0.2) is 42.8 Å². The Morgan fingerprint density at radius 3 is 1.38 bits per heavy atom. The third-order valence-electron chi connectivity index (χ3n) is 5.53. The number of nitrogens with one attached hydrogen (secondary N) is 2. The van der Waals surface area contributed by atoms with E-state index in [-0.39, 0.29) is 19.1 Å². The van der Waals surface area contributed by atoms with Crippen LogP contribution in [0.1, 0.15) is 116 Å². The van der Waals surface area contributed by atoms with E-state index in [1.165, 1.54) is 38.5 Å². The van der Waals surface area contributed by atoms with E-state index in [0.717, 1.165) is 70.8 Å². The van der Waals surface area contributed by atoms with Crippen LogP contribution in [0.4, 0.5) is 13.2 Å². The molecular weight excluding hydrogens is 421 g/mol. The molecule has 0 bridgehead atoms. The maximum Gasteiger partial charge on any atom is 0.471 e. The number of aliphatic hydroxyl groups excluding tert-OH is 1. The number of halogens is 3. The van der Waals surface area contributed by atoms with Crippen LogP contribution >= 0.6 is 0 Å². The van der Waals surface area contributed by atoms with Crippen LogP contribution in [0.15, 0.2) is 0 Å². The van der Waals surface area contributed by atoms with Gasteiger partial charge >= 0.3 is 12.1 Å². The van der Waals surface area contributed by atoms with Crippen molar-refractivity contribution >= 4 is 11.8 Å². The first-order chi connectivity index (χ1) is 15.4. The van der Waals surface area contributed by atoms with Crippen molar-refractivity contribution in [1.82, 2.24) is 10.6 Å². The van der Waals surface area contributed by atoms with Crippen molar-refractivity contribution in [2.24, 2.45) is 0 Å². The Bertz CT molecular complexity index is 460. The van der Waals surface area contributed by atoms with E-state index in [0.29, 0.717) is 12.8 Å². The Kier molecular flexibility index (Phi) is 20.6. The lowest BCUT2D eigenvalue weighted by molar-refractivity contribution is -0.173. The number of unbranched alkanes of at least 4 members (excludes halogenated alkanes) is 15. The van der Waals surface area contributed by atoms with Crippen molar-refractivity contribution in [3.8, 4) is 0 Å². The Labute approximate surface area is 192 Å². The minimum atomic E-state index is -4.78. The van der Waals surface area contributed by atoms with Crippen molar-refractivity contribution in [2.75, 3.05) is 19.7 Å². The highest BCUT2D eigenvalue weighted by Crippen LogP contribution is 2.15. The van der Waals surface area contributed by atoms with Gasteiger partial charge in [-0.2, -0.15) is 13.2 Å². The molecule has 0 radical (unpaired) electrons. The largest absolute Gasteiger partial charge is 0.471 e. The first kappa shape index (κ1) is 30.7. The Balaban J connectivity index is 3.20. The zero-order valence-corrected chi connectivity index (χ0v) is 19.7. The fourth-order valence-corrected chi connectivity index (χ4v) is 3.56. The van der Waals surface area contributed by atoms with Crippen molar-refractivity contribution in [2.45, 2.75) is 122 Å². The van der Waals surface area contributed by atoms with Gasteiger partial charge in [0, 0.05) is 26.1 Å². The number of rotatable bonds is 22. The van der Waals surface area contributed by atoms with Crippen molar-refractivity contribution in [1.29, 1.82) is 0 Å². The van der Waals surface area contributed by atoms with E-state index in [4.69, 9.17) is 5.11 Å². The lowest BCUT2D eigenvalue weighted by Crippen LogP contribution is -2.37. The van der Waals surface area contributed by atoms with Gasteiger partial charge in [0.1, 0.15) is 0 Å². The van der Waals surface area contributed by atoms with Gasteiger partial charge in [0.2, 0.25) is 5.91 Å². The molecular formula is C24H45F3N2O3. The van der Waals surface area contributed by atoms with Gasteiger partial charge in [-0.3, -0.25) is 9.59 Å². The minimum Gasteiger partial charge on any atom is -0.396 e. The maximum absolute atomic E-state index is 12.0. The van der Waals surface area contributed by atoms with Crippen LogP contribution in [0.25, 0.3) is 0 Å². The molecule has 0 rings (SSSR count). The summed E-state index contributed by atoms with van der Waals surface area (Å²) in [5, 5.41) is 13.6. The van der Waals surface area contributed by atoms with Gasteiger partial charge in [-0.1, -0.05) is 83.5 Å². The molecule has 0 aliphatic heterocycles. The average molecular weight is 467 g/mol. The smallest absolute Gasteiger partial charge is 0.396 e. The van der Waals surface area contributed by atoms with Crippen LogP contribution in [0.5, 0.6) is 0 Å². The predicted octanol–water partition coefficient (Wildman–Crippen LogP) is 5.80. The standard InChI is InChI=1S/C24H45F3N2O3/c25-24(26,27)23(32)29-20-16-11-9-7-5-3-1-2-4-6-8-10-14-18-22(31)28-19-15-12-13-17-21-30/h30H,1-21H2,(H,28,31)(H,29,32). The third kappa shape index (κ3) is 21.9. The molecule has 8 heteroatoms. The van der Waals surface area contributed by atoms with Gasteiger partial charge in [0.05, 0.1) is 0 Å². The molecule has 0 aromatic heterocycles. The number of amides is 2. The fraction of sp³-hybridized carbons (Fsp3) is 0.917. The molecule has 0 spiro atoms. The Morgan fingerprint density at radius 1 is 0.562 bits per heavy atom. The van der Waals surface area contributed by atoms with E-state index >= 15 is 0 Å². The Morgan fingerprint density at radius 2 is 0.938 bits per heavy atom. The molecule has 32 heavy (non-hydrogen) atoms. The van der Waals surface area contributed by atoms with Gasteiger partial charge < -0.3 is 15.7 Å². The summed E-state index contributed by atoms with van der Waals surface area (Å²) in [6.07, 6.45) is 13.8. The number of carbonyl (C=O) groups is 2. The second kappa shape index (κ2) is 21.5. The molecule has 0 fully saturated rings. The van der Waals surface area contributed by atoms with Crippen LogP contribution in [-0.2, 0) is 9.59 Å². The summed E-state index contributed by atoms with van der Waals surface area (Å²) >= 11 is 0. The Hall–Kier alpha value is -1.31. The summed E-state index contributed by atoms with van der Waals surface area (Å²) < 4.78 is 36.0. The highest BCUT2D eigenvalue weighted by Gasteiger charge is 2.38. The second-order valence-corrected chi connectivity index (χ2v) is 8.59. The van der Waals surface area contributed by atoms with E-state index in [9.17, 15) is 22.8 Å². The van der Waals surface area contributed by atoms with Gasteiger partial charge in [0.15, 0.2) is 0 Å². The number of carbonyl (C=O) groups excluding carboxylic acids is 2. The fourth-order valence-electron chi connectivity index (χ4n) is 3.56. The molecule has 2 amide bonds. The van der Waals surface area contributed by atoms with Gasteiger partial charge in [-0.15, -0.1) is 0 Å². The van der Waals surface area contributed by atoms with E-state index in [1.807, 2.05) is 5.32 Å².